The summed E-state index contributed by atoms with van der Waals surface area (Å²) in [5.41, 5.74) is 11.7. The Hall–Kier alpha value is -1.13. The average molecular weight is 181 g/mol. The molecular weight excluding hydrogens is 166 g/mol. The minimum Gasteiger partial charge on any atom is -0.385 e. The van der Waals surface area contributed by atoms with Crippen molar-refractivity contribution in [2.45, 2.75) is 25.5 Å². The number of nitrogen functional groups attached to an aromatic ring is 1. The van der Waals surface area contributed by atoms with Crippen LogP contribution >= 0.6 is 0 Å². The molecule has 0 unspecified atom stereocenters. The summed E-state index contributed by atoms with van der Waals surface area (Å²) in [4.78, 5) is 3.99. The standard InChI is InChI=1S/C9H15N3O/c1-2-6(10)9(13)7-4-3-5-8(11)12-7/h3-6,9,13H,2,10H2,1H3,(H2,11,12)/t6-,9-/m1/s1. The molecule has 72 valence electrons. The summed E-state index contributed by atoms with van der Waals surface area (Å²) < 4.78 is 0. The number of nitrogens with zero attached hydrogens (tertiary/aromatic N) is 1. The summed E-state index contributed by atoms with van der Waals surface area (Å²) in [5.74, 6) is 0.403. The van der Waals surface area contributed by atoms with Crippen LogP contribution in [-0.4, -0.2) is 16.1 Å². The second kappa shape index (κ2) is 4.20. The van der Waals surface area contributed by atoms with Gasteiger partial charge in [-0.15, -0.1) is 0 Å². The molecule has 0 spiro atoms. The first-order valence-electron chi connectivity index (χ1n) is 4.31. The van der Waals surface area contributed by atoms with Crippen molar-refractivity contribution in [2.24, 2.45) is 5.73 Å². The molecule has 0 amide bonds. The van der Waals surface area contributed by atoms with Gasteiger partial charge in [-0.2, -0.15) is 0 Å². The number of nitrogens with two attached hydrogens (primary N) is 2. The lowest BCUT2D eigenvalue weighted by Crippen LogP contribution is -2.28. The number of aromatic nitrogens is 1. The van der Waals surface area contributed by atoms with Crippen LogP contribution in [-0.2, 0) is 0 Å². The molecule has 1 rings (SSSR count). The number of pyridine rings is 1. The van der Waals surface area contributed by atoms with Crippen molar-refractivity contribution in [3.63, 3.8) is 0 Å². The second-order valence-corrected chi connectivity index (χ2v) is 3.00. The van der Waals surface area contributed by atoms with Crippen LogP contribution < -0.4 is 11.5 Å². The Morgan fingerprint density at radius 3 is 2.77 bits per heavy atom. The summed E-state index contributed by atoms with van der Waals surface area (Å²) in [6.07, 6.45) is -0.0222. The fourth-order valence-electron chi connectivity index (χ4n) is 1.08. The van der Waals surface area contributed by atoms with Gasteiger partial charge < -0.3 is 16.6 Å². The quantitative estimate of drug-likeness (QED) is 0.631. The van der Waals surface area contributed by atoms with Crippen molar-refractivity contribution in [3.05, 3.63) is 23.9 Å². The Morgan fingerprint density at radius 1 is 1.54 bits per heavy atom. The second-order valence-electron chi connectivity index (χ2n) is 3.00. The molecule has 0 aliphatic carbocycles. The van der Waals surface area contributed by atoms with E-state index in [-0.39, 0.29) is 6.04 Å². The number of anilines is 1. The van der Waals surface area contributed by atoms with Gasteiger partial charge in [-0.1, -0.05) is 13.0 Å². The number of hydrogen-bond acceptors (Lipinski definition) is 4. The van der Waals surface area contributed by atoms with Gasteiger partial charge in [0, 0.05) is 6.04 Å². The summed E-state index contributed by atoms with van der Waals surface area (Å²) in [6.45, 7) is 1.92. The molecular formula is C9H15N3O. The zero-order valence-electron chi connectivity index (χ0n) is 7.64. The molecule has 0 aliphatic heterocycles. The normalized spacial score (nSPS) is 15.3. The first-order chi connectivity index (χ1) is 6.15. The molecule has 1 aromatic heterocycles. The molecule has 2 atom stereocenters. The predicted octanol–water partition coefficient (Wildman–Crippen LogP) is 0.434. The van der Waals surface area contributed by atoms with Crippen LogP contribution in [0.25, 0.3) is 0 Å². The minimum atomic E-state index is -0.728. The Labute approximate surface area is 77.6 Å². The molecule has 0 aliphatic rings. The van der Waals surface area contributed by atoms with Gasteiger partial charge in [0.15, 0.2) is 0 Å². The molecule has 4 heteroatoms. The van der Waals surface area contributed by atoms with E-state index in [1.807, 2.05) is 6.92 Å². The van der Waals surface area contributed by atoms with E-state index in [0.29, 0.717) is 17.9 Å². The summed E-state index contributed by atoms with van der Waals surface area (Å²) >= 11 is 0. The highest BCUT2D eigenvalue weighted by Gasteiger charge is 2.15. The zero-order chi connectivity index (χ0) is 9.84. The third kappa shape index (κ3) is 2.40. The van der Waals surface area contributed by atoms with E-state index in [2.05, 4.69) is 4.98 Å². The van der Waals surface area contributed by atoms with Crippen LogP contribution in [0.15, 0.2) is 18.2 Å². The molecule has 4 nitrogen and oxygen atoms in total. The molecule has 0 saturated heterocycles. The molecule has 1 heterocycles. The van der Waals surface area contributed by atoms with Crippen LogP contribution in [0.5, 0.6) is 0 Å². The van der Waals surface area contributed by atoms with Crippen LogP contribution in [0.1, 0.15) is 25.1 Å². The number of aliphatic hydroxyl groups is 1. The monoisotopic (exact) mass is 181 g/mol. The van der Waals surface area contributed by atoms with Crippen molar-refractivity contribution >= 4 is 5.82 Å². The minimum absolute atomic E-state index is 0.283. The largest absolute Gasteiger partial charge is 0.385 e. The van der Waals surface area contributed by atoms with Gasteiger partial charge in [0.25, 0.3) is 0 Å². The van der Waals surface area contributed by atoms with Crippen molar-refractivity contribution in [2.75, 3.05) is 5.73 Å². The lowest BCUT2D eigenvalue weighted by molar-refractivity contribution is 0.140. The van der Waals surface area contributed by atoms with Gasteiger partial charge >= 0.3 is 0 Å². The third-order valence-electron chi connectivity index (χ3n) is 1.97. The Kier molecular flexibility index (Phi) is 3.22. The maximum absolute atomic E-state index is 9.67. The Morgan fingerprint density at radius 2 is 2.23 bits per heavy atom. The van der Waals surface area contributed by atoms with Crippen LogP contribution in [0, 0.1) is 0 Å². The fraction of sp³-hybridized carbons (Fsp3) is 0.444. The fourth-order valence-corrected chi connectivity index (χ4v) is 1.08. The maximum Gasteiger partial charge on any atom is 0.123 e. The molecule has 0 radical (unpaired) electrons. The van der Waals surface area contributed by atoms with Crippen LogP contribution in [0.3, 0.4) is 0 Å². The molecule has 1 aromatic rings. The van der Waals surface area contributed by atoms with Crippen molar-refractivity contribution in [1.29, 1.82) is 0 Å². The molecule has 13 heavy (non-hydrogen) atoms. The van der Waals surface area contributed by atoms with Crippen molar-refractivity contribution in [1.82, 2.24) is 4.98 Å². The average Bonchev–Trinajstić information content (AvgIpc) is 2.15. The summed E-state index contributed by atoms with van der Waals surface area (Å²) in [6, 6.07) is 4.86. The number of rotatable bonds is 3. The van der Waals surface area contributed by atoms with Gasteiger partial charge in [-0.3, -0.25) is 0 Å². The van der Waals surface area contributed by atoms with Gasteiger partial charge in [0.2, 0.25) is 0 Å². The zero-order valence-corrected chi connectivity index (χ0v) is 7.64. The van der Waals surface area contributed by atoms with E-state index < -0.39 is 6.10 Å². The highest BCUT2D eigenvalue weighted by molar-refractivity contribution is 5.29. The SMILES string of the molecule is CC[C@@H](N)[C@@H](O)c1cccc(N)n1. The van der Waals surface area contributed by atoms with Gasteiger partial charge in [0.1, 0.15) is 11.9 Å². The van der Waals surface area contributed by atoms with Gasteiger partial charge in [-0.05, 0) is 18.6 Å². The van der Waals surface area contributed by atoms with Crippen LogP contribution in [0.4, 0.5) is 5.82 Å². The molecule has 0 saturated carbocycles. The Balaban J connectivity index is 2.82. The first-order valence-corrected chi connectivity index (χ1v) is 4.31. The lowest BCUT2D eigenvalue weighted by Gasteiger charge is -2.16. The van der Waals surface area contributed by atoms with E-state index >= 15 is 0 Å². The molecule has 0 aromatic carbocycles. The first kappa shape index (κ1) is 9.95. The third-order valence-corrected chi connectivity index (χ3v) is 1.97. The topological polar surface area (TPSA) is 85.2 Å². The van der Waals surface area contributed by atoms with Crippen molar-refractivity contribution in [3.8, 4) is 0 Å². The van der Waals surface area contributed by atoms with E-state index in [9.17, 15) is 5.11 Å². The lowest BCUT2D eigenvalue weighted by atomic mass is 10.1. The number of hydrogen-bond donors (Lipinski definition) is 3. The molecule has 0 fully saturated rings. The smallest absolute Gasteiger partial charge is 0.123 e. The summed E-state index contributed by atoms with van der Waals surface area (Å²) in [5, 5.41) is 9.67. The van der Waals surface area contributed by atoms with Crippen molar-refractivity contribution < 1.29 is 5.11 Å². The maximum atomic E-state index is 9.67. The highest BCUT2D eigenvalue weighted by Crippen LogP contribution is 2.15. The van der Waals surface area contributed by atoms with E-state index in [1.165, 1.54) is 0 Å². The Bertz CT molecular complexity index is 277. The molecule has 5 N–H and O–H groups in total. The highest BCUT2D eigenvalue weighted by atomic mass is 16.3. The van der Waals surface area contributed by atoms with E-state index in [4.69, 9.17) is 11.5 Å². The van der Waals surface area contributed by atoms with E-state index in [0.717, 1.165) is 0 Å². The van der Waals surface area contributed by atoms with Gasteiger partial charge in [0.05, 0.1) is 5.69 Å². The van der Waals surface area contributed by atoms with Gasteiger partial charge in [-0.25, -0.2) is 4.98 Å². The molecule has 0 bridgehead atoms. The number of aliphatic hydroxyl groups excluding tert-OH is 1. The summed E-state index contributed by atoms with van der Waals surface area (Å²) in [7, 11) is 0. The van der Waals surface area contributed by atoms with E-state index in [1.54, 1.807) is 18.2 Å². The predicted molar refractivity (Wildman–Crippen MR) is 51.9 cm³/mol. The van der Waals surface area contributed by atoms with Crippen LogP contribution in [0.2, 0.25) is 0 Å².